The molecule has 1 unspecified atom stereocenters. The molecule has 5 heteroatoms. The Morgan fingerprint density at radius 3 is 2.60 bits per heavy atom. The van der Waals surface area contributed by atoms with E-state index in [-0.39, 0.29) is 12.3 Å². The molecule has 0 fully saturated rings. The third-order valence-electron chi connectivity index (χ3n) is 3.23. The summed E-state index contributed by atoms with van der Waals surface area (Å²) in [7, 11) is 0. The number of rotatable bonds is 9. The molecule has 0 bridgehead atoms. The molecule has 0 radical (unpaired) electrons. The molecule has 1 aromatic carbocycles. The molecule has 3 N–H and O–H groups in total. The van der Waals surface area contributed by atoms with Gasteiger partial charge in [0, 0.05) is 11.4 Å². The number of hydrogen-bond donors (Lipinski definition) is 2. The van der Waals surface area contributed by atoms with Gasteiger partial charge in [-0.05, 0) is 55.5 Å². The molecule has 1 aromatic rings. The maximum atomic E-state index is 10.7. The summed E-state index contributed by atoms with van der Waals surface area (Å²) in [6.45, 7) is 3.11. The SMILES string of the molecule is CC(CCOc1ccc(Cl)cc1)C[C@H](CN)CC(=O)O. The van der Waals surface area contributed by atoms with Crippen molar-refractivity contribution in [3.63, 3.8) is 0 Å². The minimum atomic E-state index is -0.787. The van der Waals surface area contributed by atoms with Crippen molar-refractivity contribution < 1.29 is 14.6 Å². The van der Waals surface area contributed by atoms with E-state index in [0.717, 1.165) is 18.6 Å². The third kappa shape index (κ3) is 6.78. The fourth-order valence-corrected chi connectivity index (χ4v) is 2.23. The molecule has 0 aliphatic heterocycles. The van der Waals surface area contributed by atoms with E-state index in [1.807, 2.05) is 12.1 Å². The molecule has 1 rings (SSSR count). The molecule has 4 nitrogen and oxygen atoms in total. The van der Waals surface area contributed by atoms with E-state index < -0.39 is 5.97 Å². The number of benzene rings is 1. The first-order valence-electron chi connectivity index (χ1n) is 6.81. The van der Waals surface area contributed by atoms with Crippen molar-refractivity contribution in [1.82, 2.24) is 0 Å². The van der Waals surface area contributed by atoms with Crippen LogP contribution in [0.1, 0.15) is 26.2 Å². The smallest absolute Gasteiger partial charge is 0.303 e. The van der Waals surface area contributed by atoms with Crippen LogP contribution in [0.15, 0.2) is 24.3 Å². The molecule has 20 heavy (non-hydrogen) atoms. The van der Waals surface area contributed by atoms with Crippen molar-refractivity contribution >= 4 is 17.6 Å². The number of halogens is 1. The Hall–Kier alpha value is -1.26. The summed E-state index contributed by atoms with van der Waals surface area (Å²) in [5, 5.41) is 9.47. The normalized spacial score (nSPS) is 13.8. The number of hydrogen-bond acceptors (Lipinski definition) is 3. The first kappa shape index (κ1) is 16.8. The lowest BCUT2D eigenvalue weighted by atomic mass is 9.91. The van der Waals surface area contributed by atoms with Crippen LogP contribution in [0.5, 0.6) is 5.75 Å². The highest BCUT2D eigenvalue weighted by atomic mass is 35.5. The van der Waals surface area contributed by atoms with E-state index in [9.17, 15) is 4.79 Å². The molecule has 112 valence electrons. The number of aliphatic carboxylic acids is 1. The molecule has 0 heterocycles. The summed E-state index contributed by atoms with van der Waals surface area (Å²) < 4.78 is 5.62. The van der Waals surface area contributed by atoms with Crippen molar-refractivity contribution in [3.8, 4) is 5.75 Å². The Labute approximate surface area is 124 Å². The third-order valence-corrected chi connectivity index (χ3v) is 3.48. The molecular weight excluding hydrogens is 278 g/mol. The zero-order valence-corrected chi connectivity index (χ0v) is 12.5. The summed E-state index contributed by atoms with van der Waals surface area (Å²) in [5.74, 6) is 0.431. The van der Waals surface area contributed by atoms with Gasteiger partial charge in [-0.2, -0.15) is 0 Å². The van der Waals surface area contributed by atoms with Crippen LogP contribution < -0.4 is 10.5 Å². The molecule has 0 saturated carbocycles. The van der Waals surface area contributed by atoms with Gasteiger partial charge in [0.2, 0.25) is 0 Å². The highest BCUT2D eigenvalue weighted by Gasteiger charge is 2.15. The van der Waals surface area contributed by atoms with Crippen LogP contribution in [0.3, 0.4) is 0 Å². The van der Waals surface area contributed by atoms with E-state index in [1.165, 1.54) is 0 Å². The summed E-state index contributed by atoms with van der Waals surface area (Å²) in [4.78, 5) is 10.7. The van der Waals surface area contributed by atoms with E-state index in [2.05, 4.69) is 6.92 Å². The van der Waals surface area contributed by atoms with E-state index in [0.29, 0.717) is 24.1 Å². The summed E-state index contributed by atoms with van der Waals surface area (Å²) in [6, 6.07) is 7.25. The van der Waals surface area contributed by atoms with Gasteiger partial charge >= 0.3 is 5.97 Å². The Morgan fingerprint density at radius 2 is 2.05 bits per heavy atom. The van der Waals surface area contributed by atoms with Gasteiger partial charge in [-0.25, -0.2) is 0 Å². The zero-order chi connectivity index (χ0) is 15.0. The van der Waals surface area contributed by atoms with Crippen molar-refractivity contribution in [2.75, 3.05) is 13.2 Å². The van der Waals surface area contributed by atoms with Gasteiger partial charge < -0.3 is 15.6 Å². The van der Waals surface area contributed by atoms with Gasteiger partial charge in [-0.1, -0.05) is 18.5 Å². The number of ether oxygens (including phenoxy) is 1. The first-order valence-corrected chi connectivity index (χ1v) is 7.19. The van der Waals surface area contributed by atoms with Crippen molar-refractivity contribution in [3.05, 3.63) is 29.3 Å². The van der Waals surface area contributed by atoms with Crippen LogP contribution >= 0.6 is 11.6 Å². The number of carboxylic acid groups (broad SMARTS) is 1. The van der Waals surface area contributed by atoms with Gasteiger partial charge in [-0.3, -0.25) is 4.79 Å². The summed E-state index contributed by atoms with van der Waals surface area (Å²) in [6.07, 6.45) is 1.82. The Morgan fingerprint density at radius 1 is 1.40 bits per heavy atom. The van der Waals surface area contributed by atoms with Crippen LogP contribution in [0.4, 0.5) is 0 Å². The number of carboxylic acids is 1. The fraction of sp³-hybridized carbons (Fsp3) is 0.533. The second-order valence-electron chi connectivity index (χ2n) is 5.13. The average molecular weight is 300 g/mol. The minimum Gasteiger partial charge on any atom is -0.494 e. The molecular formula is C15H22ClNO3. The van der Waals surface area contributed by atoms with E-state index >= 15 is 0 Å². The van der Waals surface area contributed by atoms with Gasteiger partial charge in [0.05, 0.1) is 6.61 Å². The predicted octanol–water partition coefficient (Wildman–Crippen LogP) is 3.18. The molecule has 0 saturated heterocycles. The lowest BCUT2D eigenvalue weighted by Gasteiger charge is -2.18. The second kappa shape index (κ2) is 8.82. The second-order valence-corrected chi connectivity index (χ2v) is 5.57. The van der Waals surface area contributed by atoms with Gasteiger partial charge in [0.25, 0.3) is 0 Å². The number of nitrogens with two attached hydrogens (primary N) is 1. The molecule has 2 atom stereocenters. The molecule has 0 amide bonds. The number of carbonyl (C=O) groups is 1. The van der Waals surface area contributed by atoms with Crippen molar-refractivity contribution in [2.45, 2.75) is 26.2 Å². The van der Waals surface area contributed by atoms with Gasteiger partial charge in [0.1, 0.15) is 5.75 Å². The van der Waals surface area contributed by atoms with Crippen LogP contribution in [-0.2, 0) is 4.79 Å². The predicted molar refractivity (Wildman–Crippen MR) is 80.1 cm³/mol. The average Bonchev–Trinajstić information content (AvgIpc) is 2.39. The quantitative estimate of drug-likeness (QED) is 0.734. The first-order chi connectivity index (χ1) is 9.51. The van der Waals surface area contributed by atoms with Crippen molar-refractivity contribution in [2.24, 2.45) is 17.6 Å². The summed E-state index contributed by atoms with van der Waals surface area (Å²) >= 11 is 5.80. The Kier molecular flexibility index (Phi) is 7.41. The topological polar surface area (TPSA) is 72.5 Å². The standard InChI is InChI=1S/C15H22ClNO3/c1-11(8-12(10-17)9-15(18)19)6-7-20-14-4-2-13(16)3-5-14/h2-5,11-12H,6-10,17H2,1H3,(H,18,19)/t11?,12-/m0/s1. The summed E-state index contributed by atoms with van der Waals surface area (Å²) in [5.41, 5.74) is 5.60. The van der Waals surface area contributed by atoms with Crippen LogP contribution in [0.2, 0.25) is 5.02 Å². The lowest BCUT2D eigenvalue weighted by Crippen LogP contribution is -2.21. The Bertz CT molecular complexity index is 408. The van der Waals surface area contributed by atoms with Gasteiger partial charge in [0.15, 0.2) is 0 Å². The lowest BCUT2D eigenvalue weighted by molar-refractivity contribution is -0.138. The Balaban J connectivity index is 2.26. The maximum absolute atomic E-state index is 10.7. The van der Waals surface area contributed by atoms with Crippen LogP contribution in [0.25, 0.3) is 0 Å². The monoisotopic (exact) mass is 299 g/mol. The highest BCUT2D eigenvalue weighted by molar-refractivity contribution is 6.30. The molecule has 0 aliphatic carbocycles. The largest absolute Gasteiger partial charge is 0.494 e. The maximum Gasteiger partial charge on any atom is 0.303 e. The fourth-order valence-electron chi connectivity index (χ4n) is 2.11. The van der Waals surface area contributed by atoms with Crippen LogP contribution in [0, 0.1) is 11.8 Å². The van der Waals surface area contributed by atoms with Gasteiger partial charge in [-0.15, -0.1) is 0 Å². The highest BCUT2D eigenvalue weighted by Crippen LogP contribution is 2.19. The molecule has 0 aliphatic rings. The minimum absolute atomic E-state index is 0.0398. The van der Waals surface area contributed by atoms with E-state index in [1.54, 1.807) is 12.1 Å². The van der Waals surface area contributed by atoms with Crippen molar-refractivity contribution in [1.29, 1.82) is 0 Å². The molecule has 0 aromatic heterocycles. The molecule has 0 spiro atoms. The zero-order valence-electron chi connectivity index (χ0n) is 11.7. The van der Waals surface area contributed by atoms with Crippen LogP contribution in [-0.4, -0.2) is 24.2 Å². The van der Waals surface area contributed by atoms with E-state index in [4.69, 9.17) is 27.2 Å².